The van der Waals surface area contributed by atoms with E-state index in [0.29, 0.717) is 12.0 Å². The highest BCUT2D eigenvalue weighted by Gasteiger charge is 2.33. The molecule has 2 aliphatic rings. The average molecular weight is 333 g/mol. The van der Waals surface area contributed by atoms with E-state index in [4.69, 9.17) is 16.3 Å². The van der Waals surface area contributed by atoms with Crippen LogP contribution in [0, 0.1) is 0 Å². The number of rotatable bonds is 5. The first-order valence-electron chi connectivity index (χ1n) is 8.28. The maximum atomic E-state index is 6.27. The van der Waals surface area contributed by atoms with Crippen LogP contribution < -0.4 is 5.32 Å². The van der Waals surface area contributed by atoms with Crippen molar-refractivity contribution in [3.63, 3.8) is 0 Å². The summed E-state index contributed by atoms with van der Waals surface area (Å²) in [6.07, 6.45) is 6.26. The Balaban J connectivity index is 1.21. The van der Waals surface area contributed by atoms with Gasteiger partial charge in [-0.25, -0.2) is 4.98 Å². The number of nitrogens with zero attached hydrogens (tertiary/aromatic N) is 2. The van der Waals surface area contributed by atoms with Gasteiger partial charge in [0.05, 0.1) is 6.10 Å². The molecule has 0 radical (unpaired) electrons. The number of nitrogens with one attached hydrogen (secondary N) is 2. The van der Waals surface area contributed by atoms with E-state index in [1.54, 1.807) is 0 Å². The van der Waals surface area contributed by atoms with Gasteiger partial charge in [-0.05, 0) is 43.2 Å². The van der Waals surface area contributed by atoms with E-state index in [1.165, 1.54) is 11.9 Å². The highest BCUT2D eigenvalue weighted by molar-refractivity contribution is 6.31. The van der Waals surface area contributed by atoms with E-state index in [0.717, 1.165) is 43.1 Å². The van der Waals surface area contributed by atoms with E-state index in [1.807, 2.05) is 12.1 Å². The zero-order chi connectivity index (χ0) is 15.6. The molecule has 2 aromatic rings. The van der Waals surface area contributed by atoms with Gasteiger partial charge in [-0.3, -0.25) is 5.10 Å². The standard InChI is InChI=1S/C17H21ClN4O/c18-15-4-2-1-3-14(15)11-7-12(8-11)19-9-13-5-6-16(23-13)17-20-10-21-22-17/h1-4,10-13,16,19H,5-9H2,(H,20,21,22)/t11?,12?,13-,16+/m1/s1. The fourth-order valence-electron chi connectivity index (χ4n) is 3.57. The fraction of sp³-hybridized carbons (Fsp3) is 0.529. The van der Waals surface area contributed by atoms with Gasteiger partial charge in [0.1, 0.15) is 12.4 Å². The molecule has 1 aliphatic heterocycles. The number of aromatic amines is 1. The maximum absolute atomic E-state index is 6.27. The van der Waals surface area contributed by atoms with Crippen molar-refractivity contribution >= 4 is 11.6 Å². The SMILES string of the molecule is Clc1ccccc1C1CC(NC[C@H]2CC[C@@H](c3ncn[nH]3)O2)C1. The molecule has 122 valence electrons. The minimum atomic E-state index is 0.0709. The molecule has 23 heavy (non-hydrogen) atoms. The van der Waals surface area contributed by atoms with Gasteiger partial charge < -0.3 is 10.1 Å². The second kappa shape index (κ2) is 6.59. The number of aromatic nitrogens is 3. The topological polar surface area (TPSA) is 62.8 Å². The molecule has 5 nitrogen and oxygen atoms in total. The van der Waals surface area contributed by atoms with Gasteiger partial charge in [-0.15, -0.1) is 0 Å². The monoisotopic (exact) mass is 332 g/mol. The molecule has 0 spiro atoms. The summed E-state index contributed by atoms with van der Waals surface area (Å²) >= 11 is 6.27. The van der Waals surface area contributed by atoms with Crippen molar-refractivity contribution in [1.29, 1.82) is 0 Å². The molecule has 2 fully saturated rings. The van der Waals surface area contributed by atoms with Gasteiger partial charge in [-0.2, -0.15) is 5.10 Å². The number of hydrogen-bond donors (Lipinski definition) is 2. The Morgan fingerprint density at radius 1 is 1.26 bits per heavy atom. The predicted molar refractivity (Wildman–Crippen MR) is 88.4 cm³/mol. The summed E-state index contributed by atoms with van der Waals surface area (Å²) in [5.41, 5.74) is 1.29. The summed E-state index contributed by atoms with van der Waals surface area (Å²) in [6, 6.07) is 8.75. The molecule has 0 unspecified atom stereocenters. The summed E-state index contributed by atoms with van der Waals surface area (Å²) in [7, 11) is 0. The zero-order valence-electron chi connectivity index (χ0n) is 12.9. The van der Waals surface area contributed by atoms with Crippen molar-refractivity contribution < 1.29 is 4.74 Å². The van der Waals surface area contributed by atoms with Crippen LogP contribution in [0.5, 0.6) is 0 Å². The van der Waals surface area contributed by atoms with E-state index in [2.05, 4.69) is 32.6 Å². The van der Waals surface area contributed by atoms with Crippen LogP contribution in [0.1, 0.15) is 49.1 Å². The van der Waals surface area contributed by atoms with Crippen molar-refractivity contribution in [3.8, 4) is 0 Å². The van der Waals surface area contributed by atoms with Crippen molar-refractivity contribution in [1.82, 2.24) is 20.5 Å². The summed E-state index contributed by atoms with van der Waals surface area (Å²) in [4.78, 5) is 4.18. The molecule has 0 bridgehead atoms. The molecule has 2 N–H and O–H groups in total. The number of H-pyrrole nitrogens is 1. The van der Waals surface area contributed by atoms with Gasteiger partial charge >= 0.3 is 0 Å². The number of ether oxygens (including phenoxy) is 1. The minimum Gasteiger partial charge on any atom is -0.366 e. The Morgan fingerprint density at radius 3 is 2.91 bits per heavy atom. The van der Waals surface area contributed by atoms with Crippen molar-refractivity contribution in [2.45, 2.75) is 49.9 Å². The van der Waals surface area contributed by atoms with E-state index < -0.39 is 0 Å². The lowest BCUT2D eigenvalue weighted by molar-refractivity contribution is 0.0365. The summed E-state index contributed by atoms with van der Waals surface area (Å²) in [5.74, 6) is 1.43. The molecule has 6 heteroatoms. The van der Waals surface area contributed by atoms with E-state index in [-0.39, 0.29) is 12.2 Å². The number of hydrogen-bond acceptors (Lipinski definition) is 4. The first kappa shape index (κ1) is 15.1. The molecular formula is C17H21ClN4O. The first-order valence-corrected chi connectivity index (χ1v) is 8.66. The van der Waals surface area contributed by atoms with Crippen LogP contribution in [-0.2, 0) is 4.74 Å². The normalized spacial score (nSPS) is 30.3. The van der Waals surface area contributed by atoms with Crippen molar-refractivity contribution in [2.24, 2.45) is 0 Å². The molecule has 1 aliphatic carbocycles. The quantitative estimate of drug-likeness (QED) is 0.882. The van der Waals surface area contributed by atoms with Gasteiger partial charge in [0, 0.05) is 17.6 Å². The molecule has 4 rings (SSSR count). The zero-order valence-corrected chi connectivity index (χ0v) is 13.7. The predicted octanol–water partition coefficient (Wildman–Crippen LogP) is 3.21. The Bertz CT molecular complexity index is 642. The van der Waals surface area contributed by atoms with Gasteiger partial charge in [0.25, 0.3) is 0 Å². The second-order valence-corrected chi connectivity index (χ2v) is 6.90. The molecule has 2 atom stereocenters. The number of benzene rings is 1. The van der Waals surface area contributed by atoms with Gasteiger partial charge in [0.2, 0.25) is 0 Å². The van der Waals surface area contributed by atoms with Crippen molar-refractivity contribution in [2.75, 3.05) is 6.54 Å². The van der Waals surface area contributed by atoms with Crippen LogP contribution in [0.2, 0.25) is 5.02 Å². The van der Waals surface area contributed by atoms with Crippen LogP contribution in [0.25, 0.3) is 0 Å². The summed E-state index contributed by atoms with van der Waals surface area (Å²) in [5, 5.41) is 11.3. The third-order valence-electron chi connectivity index (χ3n) is 4.96. The Morgan fingerprint density at radius 2 is 2.13 bits per heavy atom. The molecular weight excluding hydrogens is 312 g/mol. The third-order valence-corrected chi connectivity index (χ3v) is 5.31. The van der Waals surface area contributed by atoms with Crippen LogP contribution in [0.3, 0.4) is 0 Å². The molecule has 2 heterocycles. The van der Waals surface area contributed by atoms with Crippen LogP contribution >= 0.6 is 11.6 Å². The highest BCUT2D eigenvalue weighted by atomic mass is 35.5. The molecule has 1 saturated heterocycles. The molecule has 1 aromatic heterocycles. The van der Waals surface area contributed by atoms with Crippen LogP contribution in [0.4, 0.5) is 0 Å². The molecule has 1 aromatic carbocycles. The average Bonchev–Trinajstić information content (AvgIpc) is 3.17. The largest absolute Gasteiger partial charge is 0.366 e. The third kappa shape index (κ3) is 3.27. The van der Waals surface area contributed by atoms with Gasteiger partial charge in [0.15, 0.2) is 5.82 Å². The lowest BCUT2D eigenvalue weighted by Gasteiger charge is -2.37. The molecule has 1 saturated carbocycles. The Labute approximate surface area is 140 Å². The second-order valence-electron chi connectivity index (χ2n) is 6.49. The van der Waals surface area contributed by atoms with Crippen LogP contribution in [-0.4, -0.2) is 33.9 Å². The molecule has 0 amide bonds. The van der Waals surface area contributed by atoms with Crippen LogP contribution in [0.15, 0.2) is 30.6 Å². The Hall–Kier alpha value is -1.43. The lowest BCUT2D eigenvalue weighted by Crippen LogP contribution is -2.43. The van der Waals surface area contributed by atoms with Crippen molar-refractivity contribution in [3.05, 3.63) is 47.0 Å². The summed E-state index contributed by atoms with van der Waals surface area (Å²) in [6.45, 7) is 0.907. The first-order chi connectivity index (χ1) is 11.3. The lowest BCUT2D eigenvalue weighted by atomic mass is 9.76. The smallest absolute Gasteiger partial charge is 0.153 e. The highest BCUT2D eigenvalue weighted by Crippen LogP contribution is 2.40. The maximum Gasteiger partial charge on any atom is 0.153 e. The van der Waals surface area contributed by atoms with E-state index in [9.17, 15) is 0 Å². The summed E-state index contributed by atoms with van der Waals surface area (Å²) < 4.78 is 6.04. The van der Waals surface area contributed by atoms with E-state index >= 15 is 0 Å². The fourth-order valence-corrected chi connectivity index (χ4v) is 3.86. The minimum absolute atomic E-state index is 0.0709. The van der Waals surface area contributed by atoms with Gasteiger partial charge in [-0.1, -0.05) is 29.8 Å². The Kier molecular flexibility index (Phi) is 4.33. The number of halogens is 1.